The fraction of sp³-hybridized carbons (Fsp3) is 0.207. The van der Waals surface area contributed by atoms with Crippen molar-refractivity contribution in [3.05, 3.63) is 102 Å². The second-order valence-electron chi connectivity index (χ2n) is 9.20. The van der Waals surface area contributed by atoms with Gasteiger partial charge >= 0.3 is 5.97 Å². The minimum Gasteiger partial charge on any atom is -0.478 e. The number of hydrogen-bond donors (Lipinski definition) is 2. The highest BCUT2D eigenvalue weighted by Crippen LogP contribution is 2.43. The molecule has 0 aliphatic carbocycles. The number of carboxylic acid groups (broad SMARTS) is 1. The van der Waals surface area contributed by atoms with E-state index < -0.39 is 5.97 Å². The number of nitrogens with one attached hydrogen (secondary N) is 1. The molecule has 0 saturated carbocycles. The molecule has 0 radical (unpaired) electrons. The number of hydrogen-bond acceptors (Lipinski definition) is 6. The van der Waals surface area contributed by atoms with Gasteiger partial charge in [-0.15, -0.1) is 0 Å². The van der Waals surface area contributed by atoms with Gasteiger partial charge in [0.2, 0.25) is 0 Å². The number of benzene rings is 2. The molecule has 2 aliphatic heterocycles. The fourth-order valence-electron chi connectivity index (χ4n) is 5.01. The van der Waals surface area contributed by atoms with E-state index in [9.17, 15) is 9.90 Å². The van der Waals surface area contributed by atoms with Crippen molar-refractivity contribution in [1.82, 2.24) is 10.3 Å². The van der Waals surface area contributed by atoms with E-state index in [4.69, 9.17) is 21.4 Å². The number of thiocarbonyl (C=S) groups is 1. The van der Waals surface area contributed by atoms with E-state index in [1.807, 2.05) is 30.3 Å². The van der Waals surface area contributed by atoms with Crippen LogP contribution in [0.4, 0.5) is 11.4 Å². The lowest BCUT2D eigenvalue weighted by molar-refractivity contribution is 0.0697. The number of anilines is 2. The molecule has 192 valence electrons. The summed E-state index contributed by atoms with van der Waals surface area (Å²) in [6.45, 7) is 3.21. The fourth-order valence-corrected chi connectivity index (χ4v) is 5.36. The first-order valence-corrected chi connectivity index (χ1v) is 12.9. The summed E-state index contributed by atoms with van der Waals surface area (Å²) in [5.41, 5.74) is 3.99. The number of nitrogens with zero attached hydrogens (tertiary/aromatic N) is 3. The molecule has 0 spiro atoms. The first kappa shape index (κ1) is 24.1. The molecule has 2 atom stereocenters. The van der Waals surface area contributed by atoms with Gasteiger partial charge in [0, 0.05) is 36.2 Å². The van der Waals surface area contributed by atoms with Crippen LogP contribution in [0.15, 0.2) is 89.5 Å². The van der Waals surface area contributed by atoms with Crippen LogP contribution in [-0.2, 0) is 4.74 Å². The summed E-state index contributed by atoms with van der Waals surface area (Å²) in [5, 5.41) is 13.3. The maximum atomic E-state index is 11.2. The Morgan fingerprint density at radius 1 is 0.947 bits per heavy atom. The number of carbonyl (C=O) groups is 1. The molecule has 9 heteroatoms. The van der Waals surface area contributed by atoms with Gasteiger partial charge in [0.25, 0.3) is 0 Å². The molecule has 4 heterocycles. The Bertz CT molecular complexity index is 1430. The maximum absolute atomic E-state index is 11.2. The third-order valence-electron chi connectivity index (χ3n) is 6.94. The number of pyridine rings is 1. The van der Waals surface area contributed by atoms with Crippen molar-refractivity contribution in [2.24, 2.45) is 0 Å². The van der Waals surface area contributed by atoms with Gasteiger partial charge in [-0.25, -0.2) is 4.79 Å². The van der Waals surface area contributed by atoms with Crippen molar-refractivity contribution < 1.29 is 19.1 Å². The van der Waals surface area contributed by atoms with Crippen LogP contribution in [0.25, 0.3) is 11.3 Å². The van der Waals surface area contributed by atoms with E-state index in [-0.39, 0.29) is 17.6 Å². The molecule has 0 amide bonds. The third-order valence-corrected chi connectivity index (χ3v) is 7.25. The van der Waals surface area contributed by atoms with Crippen LogP contribution in [0.2, 0.25) is 0 Å². The average molecular weight is 527 g/mol. The number of aromatic nitrogens is 1. The third kappa shape index (κ3) is 4.62. The number of ether oxygens (including phenoxy) is 1. The summed E-state index contributed by atoms with van der Waals surface area (Å²) in [5.74, 6) is 0.412. The number of furan rings is 1. The summed E-state index contributed by atoms with van der Waals surface area (Å²) in [6, 6.07) is 24.2. The van der Waals surface area contributed by atoms with Crippen LogP contribution < -0.4 is 15.1 Å². The Kier molecular flexibility index (Phi) is 6.53. The highest BCUT2D eigenvalue weighted by molar-refractivity contribution is 7.80. The highest BCUT2D eigenvalue weighted by atomic mass is 32.1. The Morgan fingerprint density at radius 3 is 2.37 bits per heavy atom. The van der Waals surface area contributed by atoms with Crippen LogP contribution in [0.5, 0.6) is 0 Å². The molecule has 2 fully saturated rings. The molecule has 38 heavy (non-hydrogen) atoms. The van der Waals surface area contributed by atoms with Gasteiger partial charge < -0.3 is 29.4 Å². The molecular formula is C29H26N4O4S. The number of carboxylic acids is 1. The lowest BCUT2D eigenvalue weighted by Crippen LogP contribution is -2.36. The number of aromatic carboxylic acids is 1. The second kappa shape index (κ2) is 10.3. The molecule has 2 N–H and O–H groups in total. The molecule has 0 unspecified atom stereocenters. The summed E-state index contributed by atoms with van der Waals surface area (Å²) < 4.78 is 11.9. The zero-order valence-corrected chi connectivity index (χ0v) is 21.3. The van der Waals surface area contributed by atoms with Gasteiger partial charge in [-0.1, -0.05) is 18.2 Å². The minimum absolute atomic E-state index is 0.226. The predicted molar refractivity (Wildman–Crippen MR) is 149 cm³/mol. The summed E-state index contributed by atoms with van der Waals surface area (Å²) in [7, 11) is 0. The van der Waals surface area contributed by atoms with Crippen LogP contribution in [0.3, 0.4) is 0 Å². The van der Waals surface area contributed by atoms with Crippen molar-refractivity contribution in [3.63, 3.8) is 0 Å². The Morgan fingerprint density at radius 2 is 1.68 bits per heavy atom. The smallest absolute Gasteiger partial charge is 0.335 e. The van der Waals surface area contributed by atoms with E-state index in [0.29, 0.717) is 10.9 Å². The Labute approximate surface area is 225 Å². The molecule has 8 nitrogen and oxygen atoms in total. The van der Waals surface area contributed by atoms with Crippen LogP contribution in [-0.4, -0.2) is 47.5 Å². The van der Waals surface area contributed by atoms with Crippen LogP contribution in [0, 0.1) is 0 Å². The molecule has 2 aromatic carbocycles. The van der Waals surface area contributed by atoms with Gasteiger partial charge in [0.05, 0.1) is 30.5 Å². The van der Waals surface area contributed by atoms with Gasteiger partial charge in [0.1, 0.15) is 17.6 Å². The van der Waals surface area contributed by atoms with E-state index in [0.717, 1.165) is 54.7 Å². The molecule has 2 aliphatic rings. The molecule has 4 aromatic rings. The largest absolute Gasteiger partial charge is 0.478 e. The summed E-state index contributed by atoms with van der Waals surface area (Å²) in [4.78, 5) is 20.2. The van der Waals surface area contributed by atoms with Gasteiger partial charge in [0.15, 0.2) is 5.11 Å². The highest BCUT2D eigenvalue weighted by Gasteiger charge is 2.42. The Hall–Kier alpha value is -4.21. The van der Waals surface area contributed by atoms with Crippen molar-refractivity contribution in [1.29, 1.82) is 0 Å². The molecule has 0 bridgehead atoms. The molecule has 2 saturated heterocycles. The SMILES string of the molecule is O=C(O)c1ccc(-c2ccc([C@H]3[C@H](c4ccccn4)NC(=S)N3c3ccc(N4CCOCC4)cc3)o2)cc1. The Balaban J connectivity index is 1.35. The average Bonchev–Trinajstić information content (AvgIpc) is 3.59. The van der Waals surface area contributed by atoms with E-state index in [1.54, 1.807) is 30.5 Å². The number of morpholine rings is 1. The normalized spacial score (nSPS) is 19.4. The van der Waals surface area contributed by atoms with Crippen molar-refractivity contribution in [2.45, 2.75) is 12.1 Å². The maximum Gasteiger partial charge on any atom is 0.335 e. The van der Waals surface area contributed by atoms with E-state index >= 15 is 0 Å². The van der Waals surface area contributed by atoms with Gasteiger partial charge in [-0.3, -0.25) is 4.98 Å². The monoisotopic (exact) mass is 526 g/mol. The predicted octanol–water partition coefficient (Wildman–Crippen LogP) is 5.05. The van der Waals surface area contributed by atoms with Gasteiger partial charge in [-0.2, -0.15) is 0 Å². The van der Waals surface area contributed by atoms with Crippen molar-refractivity contribution in [3.8, 4) is 11.3 Å². The lowest BCUT2D eigenvalue weighted by atomic mass is 10.0. The van der Waals surface area contributed by atoms with Gasteiger partial charge in [-0.05, 0) is 72.9 Å². The summed E-state index contributed by atoms with van der Waals surface area (Å²) >= 11 is 5.84. The van der Waals surface area contributed by atoms with Crippen molar-refractivity contribution >= 4 is 34.7 Å². The van der Waals surface area contributed by atoms with Crippen molar-refractivity contribution in [2.75, 3.05) is 36.1 Å². The number of rotatable bonds is 6. The lowest BCUT2D eigenvalue weighted by Gasteiger charge is -2.30. The van der Waals surface area contributed by atoms with Crippen LogP contribution in [0.1, 0.15) is 33.9 Å². The van der Waals surface area contributed by atoms with Crippen LogP contribution >= 0.6 is 12.2 Å². The second-order valence-corrected chi connectivity index (χ2v) is 9.58. The minimum atomic E-state index is -0.962. The topological polar surface area (TPSA) is 91.1 Å². The summed E-state index contributed by atoms with van der Waals surface area (Å²) in [6.07, 6.45) is 1.77. The molecule has 2 aromatic heterocycles. The molecule has 6 rings (SSSR count). The zero-order valence-electron chi connectivity index (χ0n) is 20.5. The quantitative estimate of drug-likeness (QED) is 0.335. The standard InChI is InChI=1S/C29H26N4O4S/c34-28(35)20-6-4-19(5-7-20)24-12-13-25(37-24)27-26(23-3-1-2-14-30-23)31-29(38)33(27)22-10-8-21(9-11-22)32-15-17-36-18-16-32/h1-14,26-27H,15-18H2,(H,31,38)(H,34,35)/t26-,27-/m0/s1. The molecular weight excluding hydrogens is 500 g/mol. The first-order valence-electron chi connectivity index (χ1n) is 12.5. The first-order chi connectivity index (χ1) is 18.6. The zero-order chi connectivity index (χ0) is 26.1. The van der Waals surface area contributed by atoms with E-state index in [2.05, 4.69) is 44.4 Å². The van der Waals surface area contributed by atoms with E-state index in [1.165, 1.54) is 0 Å².